The summed E-state index contributed by atoms with van der Waals surface area (Å²) >= 11 is 1.43. The van der Waals surface area contributed by atoms with Crippen molar-refractivity contribution in [2.45, 2.75) is 58.0 Å². The van der Waals surface area contributed by atoms with Crippen LogP contribution in [-0.4, -0.2) is 34.1 Å². The Bertz CT molecular complexity index is 1220. The number of amides is 1. The standard InChI is InChI=1S/C25H29N3O4S/c1-16-4-6-18(7-5-16)19-14-33-22-21(19)23(30)28(15-26-22)13-10-20(29)27-25(24(31)32-3)11-8-17(2)9-12-25/h4-7,14-15,17H,8-13H2,1-3H3,(H,27,29). The molecule has 0 aliphatic heterocycles. The van der Waals surface area contributed by atoms with Crippen molar-refractivity contribution in [3.05, 3.63) is 51.9 Å². The summed E-state index contributed by atoms with van der Waals surface area (Å²) in [5, 5.41) is 5.44. The molecule has 2 aromatic heterocycles. The quantitative estimate of drug-likeness (QED) is 0.552. The lowest BCUT2D eigenvalue weighted by Gasteiger charge is -2.37. The summed E-state index contributed by atoms with van der Waals surface area (Å²) in [6.07, 6.45) is 4.41. The SMILES string of the molecule is COC(=O)C1(NC(=O)CCn2cnc3scc(-c4ccc(C)cc4)c3c2=O)CCC(C)CC1. The van der Waals surface area contributed by atoms with Gasteiger partial charge in [0.2, 0.25) is 5.91 Å². The van der Waals surface area contributed by atoms with Gasteiger partial charge in [-0.3, -0.25) is 14.2 Å². The van der Waals surface area contributed by atoms with Gasteiger partial charge >= 0.3 is 5.97 Å². The second kappa shape index (κ2) is 9.47. The molecule has 1 aliphatic carbocycles. The van der Waals surface area contributed by atoms with E-state index in [2.05, 4.69) is 17.2 Å². The first-order valence-corrected chi connectivity index (χ1v) is 12.1. The Balaban J connectivity index is 1.52. The highest BCUT2D eigenvalue weighted by Gasteiger charge is 2.43. The topological polar surface area (TPSA) is 90.3 Å². The van der Waals surface area contributed by atoms with E-state index in [9.17, 15) is 14.4 Å². The average molecular weight is 468 g/mol. The Morgan fingerprint density at radius 1 is 1.24 bits per heavy atom. The van der Waals surface area contributed by atoms with Crippen molar-refractivity contribution < 1.29 is 14.3 Å². The highest BCUT2D eigenvalue weighted by Crippen LogP contribution is 2.33. The Morgan fingerprint density at radius 2 is 1.94 bits per heavy atom. The van der Waals surface area contributed by atoms with Crippen LogP contribution in [-0.2, 0) is 20.9 Å². The first kappa shape index (κ1) is 23.2. The molecule has 3 aromatic rings. The Hall–Kier alpha value is -3.00. The van der Waals surface area contributed by atoms with Gasteiger partial charge in [0.25, 0.3) is 5.56 Å². The lowest BCUT2D eigenvalue weighted by atomic mass is 9.77. The lowest BCUT2D eigenvalue weighted by molar-refractivity contribution is -0.153. The molecule has 1 saturated carbocycles. The molecule has 7 nitrogen and oxygen atoms in total. The fourth-order valence-electron chi connectivity index (χ4n) is 4.45. The number of fused-ring (bicyclic) bond motifs is 1. The largest absolute Gasteiger partial charge is 0.467 e. The number of carbonyl (C=O) groups excluding carboxylic acids is 2. The second-order valence-electron chi connectivity index (χ2n) is 8.99. The monoisotopic (exact) mass is 467 g/mol. The number of nitrogens with one attached hydrogen (secondary N) is 1. The number of nitrogens with zero attached hydrogens (tertiary/aromatic N) is 2. The molecule has 0 radical (unpaired) electrons. The fourth-order valence-corrected chi connectivity index (χ4v) is 5.36. The smallest absolute Gasteiger partial charge is 0.331 e. The molecule has 1 aromatic carbocycles. The average Bonchev–Trinajstić information content (AvgIpc) is 3.25. The van der Waals surface area contributed by atoms with E-state index in [1.807, 2.05) is 36.6 Å². The van der Waals surface area contributed by atoms with Gasteiger partial charge in [0.15, 0.2) is 0 Å². The number of rotatable bonds is 6. The van der Waals surface area contributed by atoms with Crippen LogP contribution in [0.2, 0.25) is 0 Å². The fraction of sp³-hybridized carbons (Fsp3) is 0.440. The highest BCUT2D eigenvalue weighted by molar-refractivity contribution is 7.17. The van der Waals surface area contributed by atoms with Gasteiger partial charge in [0, 0.05) is 23.9 Å². The maximum Gasteiger partial charge on any atom is 0.331 e. The van der Waals surface area contributed by atoms with Crippen LogP contribution in [0, 0.1) is 12.8 Å². The number of ether oxygens (including phenoxy) is 1. The van der Waals surface area contributed by atoms with E-state index in [4.69, 9.17) is 4.74 Å². The molecule has 1 amide bonds. The van der Waals surface area contributed by atoms with E-state index >= 15 is 0 Å². The van der Waals surface area contributed by atoms with Crippen LogP contribution in [0.15, 0.2) is 40.8 Å². The van der Waals surface area contributed by atoms with Crippen molar-refractivity contribution in [3.63, 3.8) is 0 Å². The third-order valence-corrected chi connectivity index (χ3v) is 7.47. The molecule has 8 heteroatoms. The normalized spacial score (nSPS) is 20.5. The van der Waals surface area contributed by atoms with Crippen molar-refractivity contribution in [3.8, 4) is 11.1 Å². The van der Waals surface area contributed by atoms with E-state index in [-0.39, 0.29) is 24.4 Å². The van der Waals surface area contributed by atoms with Gasteiger partial charge < -0.3 is 10.1 Å². The molecule has 1 fully saturated rings. The molecular weight excluding hydrogens is 438 g/mol. The van der Waals surface area contributed by atoms with Crippen LogP contribution in [0.25, 0.3) is 21.3 Å². The predicted molar refractivity (Wildman–Crippen MR) is 129 cm³/mol. The van der Waals surface area contributed by atoms with Crippen molar-refractivity contribution in [1.29, 1.82) is 0 Å². The third-order valence-electron chi connectivity index (χ3n) is 6.59. The molecule has 0 unspecified atom stereocenters. The molecule has 4 rings (SSSR count). The molecule has 1 N–H and O–H groups in total. The molecule has 33 heavy (non-hydrogen) atoms. The molecule has 2 heterocycles. The van der Waals surface area contributed by atoms with Crippen molar-refractivity contribution in [2.75, 3.05) is 7.11 Å². The summed E-state index contributed by atoms with van der Waals surface area (Å²) in [5.74, 6) is -0.153. The zero-order chi connectivity index (χ0) is 23.6. The summed E-state index contributed by atoms with van der Waals surface area (Å²) in [4.78, 5) is 43.6. The number of thiophene rings is 1. The molecule has 0 spiro atoms. The number of benzene rings is 1. The van der Waals surface area contributed by atoms with E-state index < -0.39 is 11.5 Å². The number of aromatic nitrogens is 2. The number of hydrogen-bond donors (Lipinski definition) is 1. The van der Waals surface area contributed by atoms with Gasteiger partial charge in [-0.25, -0.2) is 9.78 Å². The molecule has 0 saturated heterocycles. The van der Waals surface area contributed by atoms with Crippen LogP contribution in [0.5, 0.6) is 0 Å². The van der Waals surface area contributed by atoms with Crippen molar-refractivity contribution in [1.82, 2.24) is 14.9 Å². The van der Waals surface area contributed by atoms with E-state index in [1.54, 1.807) is 0 Å². The Kier molecular flexibility index (Phi) is 6.65. The molecular formula is C25H29N3O4S. The van der Waals surface area contributed by atoms with Crippen molar-refractivity contribution >= 4 is 33.4 Å². The predicted octanol–water partition coefficient (Wildman–Crippen LogP) is 4.06. The van der Waals surface area contributed by atoms with Gasteiger partial charge in [0.05, 0.1) is 18.8 Å². The number of esters is 1. The highest BCUT2D eigenvalue weighted by atomic mass is 32.1. The van der Waals surface area contributed by atoms with Crippen LogP contribution in [0.3, 0.4) is 0 Å². The third kappa shape index (κ3) is 4.71. The van der Waals surface area contributed by atoms with E-state index in [0.29, 0.717) is 29.0 Å². The van der Waals surface area contributed by atoms with Crippen LogP contribution < -0.4 is 10.9 Å². The summed E-state index contributed by atoms with van der Waals surface area (Å²) in [5.41, 5.74) is 1.83. The molecule has 0 atom stereocenters. The van der Waals surface area contributed by atoms with Gasteiger partial charge in [-0.1, -0.05) is 36.8 Å². The molecule has 0 bridgehead atoms. The number of carbonyl (C=O) groups is 2. The van der Waals surface area contributed by atoms with E-state index in [0.717, 1.165) is 29.5 Å². The second-order valence-corrected chi connectivity index (χ2v) is 9.85. The van der Waals surface area contributed by atoms with Gasteiger partial charge in [-0.2, -0.15) is 0 Å². The van der Waals surface area contributed by atoms with Crippen LogP contribution in [0.4, 0.5) is 0 Å². The molecule has 174 valence electrons. The maximum atomic E-state index is 13.2. The van der Waals surface area contributed by atoms with Crippen molar-refractivity contribution in [2.24, 2.45) is 5.92 Å². The zero-order valence-corrected chi connectivity index (χ0v) is 20.0. The summed E-state index contributed by atoms with van der Waals surface area (Å²) in [6.45, 7) is 4.35. The van der Waals surface area contributed by atoms with Gasteiger partial charge in [-0.05, 0) is 44.1 Å². The summed E-state index contributed by atoms with van der Waals surface area (Å²) in [6, 6.07) is 8.03. The first-order valence-electron chi connectivity index (χ1n) is 11.3. The Labute approximate surface area is 196 Å². The lowest BCUT2D eigenvalue weighted by Crippen LogP contribution is -2.56. The van der Waals surface area contributed by atoms with Crippen LogP contribution >= 0.6 is 11.3 Å². The number of methoxy groups -OCH3 is 1. The minimum absolute atomic E-state index is 0.0748. The maximum absolute atomic E-state index is 13.2. The first-order chi connectivity index (χ1) is 15.8. The number of aryl methyl sites for hydroxylation is 2. The van der Waals surface area contributed by atoms with E-state index in [1.165, 1.54) is 29.3 Å². The minimum Gasteiger partial charge on any atom is -0.467 e. The number of hydrogen-bond acceptors (Lipinski definition) is 6. The summed E-state index contributed by atoms with van der Waals surface area (Å²) < 4.78 is 6.47. The zero-order valence-electron chi connectivity index (χ0n) is 19.2. The van der Waals surface area contributed by atoms with Gasteiger partial charge in [-0.15, -0.1) is 11.3 Å². The minimum atomic E-state index is -0.975. The van der Waals surface area contributed by atoms with Crippen LogP contribution in [0.1, 0.15) is 44.6 Å². The van der Waals surface area contributed by atoms with Gasteiger partial charge in [0.1, 0.15) is 10.4 Å². The Morgan fingerprint density at radius 3 is 2.61 bits per heavy atom. The summed E-state index contributed by atoms with van der Waals surface area (Å²) in [7, 11) is 1.35. The molecule has 1 aliphatic rings.